The minimum atomic E-state index is 0.182. The van der Waals surface area contributed by atoms with E-state index in [4.69, 9.17) is 0 Å². The Morgan fingerprint density at radius 3 is 2.71 bits per heavy atom. The Kier molecular flexibility index (Phi) is 5.25. The Morgan fingerprint density at radius 2 is 2.18 bits per heavy atom. The molecule has 17 heavy (non-hydrogen) atoms. The van der Waals surface area contributed by atoms with Crippen molar-refractivity contribution in [3.63, 3.8) is 0 Å². The van der Waals surface area contributed by atoms with Crippen LogP contribution in [0.25, 0.3) is 0 Å². The van der Waals surface area contributed by atoms with E-state index in [-0.39, 0.29) is 5.54 Å². The van der Waals surface area contributed by atoms with Crippen LogP contribution in [0.3, 0.4) is 0 Å². The number of rotatable bonds is 3. The topological polar surface area (TPSA) is 39.7 Å². The van der Waals surface area contributed by atoms with Gasteiger partial charge in [0.05, 0.1) is 0 Å². The zero-order valence-electron chi connectivity index (χ0n) is 12.0. The van der Waals surface area contributed by atoms with Gasteiger partial charge in [-0.2, -0.15) is 0 Å². The lowest BCUT2D eigenvalue weighted by atomic mass is 9.93. The molecule has 0 bridgehead atoms. The summed E-state index contributed by atoms with van der Waals surface area (Å²) in [6.45, 7) is 10.3. The van der Waals surface area contributed by atoms with Gasteiger partial charge in [-0.05, 0) is 39.2 Å². The fraction of sp³-hybridized carbons (Fsp3) is 0.923. The van der Waals surface area contributed by atoms with E-state index in [1.54, 1.807) is 7.05 Å². The zero-order chi connectivity index (χ0) is 12.9. The molecule has 1 rings (SSSR count). The van der Waals surface area contributed by atoms with E-state index in [2.05, 4.69) is 41.3 Å². The van der Waals surface area contributed by atoms with Gasteiger partial charge in [-0.25, -0.2) is 0 Å². The smallest absolute Gasteiger partial charge is 0.190 e. The Bertz CT molecular complexity index is 260. The van der Waals surface area contributed by atoms with E-state index in [1.165, 1.54) is 25.9 Å². The number of likely N-dealkylation sites (tertiary alicyclic amines) is 1. The van der Waals surface area contributed by atoms with Gasteiger partial charge in [0.1, 0.15) is 0 Å². The molecular weight excluding hydrogens is 212 g/mol. The summed E-state index contributed by atoms with van der Waals surface area (Å²) in [5.74, 6) is 1.69. The van der Waals surface area contributed by atoms with Crippen molar-refractivity contribution in [1.29, 1.82) is 0 Å². The van der Waals surface area contributed by atoms with Crippen LogP contribution >= 0.6 is 0 Å². The number of nitrogens with one attached hydrogen (secondary N) is 2. The molecule has 0 aromatic rings. The fourth-order valence-corrected chi connectivity index (χ4v) is 2.43. The number of hydrogen-bond acceptors (Lipinski definition) is 2. The van der Waals surface area contributed by atoms with Gasteiger partial charge >= 0.3 is 0 Å². The molecule has 1 aliphatic heterocycles. The molecule has 2 N–H and O–H groups in total. The second kappa shape index (κ2) is 6.24. The minimum Gasteiger partial charge on any atom is -0.359 e. The summed E-state index contributed by atoms with van der Waals surface area (Å²) in [4.78, 5) is 6.74. The van der Waals surface area contributed by atoms with Gasteiger partial charge in [-0.3, -0.25) is 9.89 Å². The highest BCUT2D eigenvalue weighted by Gasteiger charge is 2.29. The SMILES string of the molecule is CN=C(NC)NCC(C)(C)N1CCCC(C)C1. The molecule has 0 aromatic heterocycles. The van der Waals surface area contributed by atoms with Crippen LogP contribution in [0.15, 0.2) is 4.99 Å². The van der Waals surface area contributed by atoms with Gasteiger partial charge in [-0.15, -0.1) is 0 Å². The van der Waals surface area contributed by atoms with E-state index in [1.807, 2.05) is 7.05 Å². The maximum Gasteiger partial charge on any atom is 0.190 e. The second-order valence-corrected chi connectivity index (χ2v) is 5.68. The first-order chi connectivity index (χ1) is 7.99. The lowest BCUT2D eigenvalue weighted by molar-refractivity contribution is 0.0740. The first-order valence-electron chi connectivity index (χ1n) is 6.63. The Morgan fingerprint density at radius 1 is 1.47 bits per heavy atom. The molecule has 1 heterocycles. The molecule has 100 valence electrons. The van der Waals surface area contributed by atoms with Crippen LogP contribution in [0.4, 0.5) is 0 Å². The maximum atomic E-state index is 4.15. The molecule has 0 amide bonds. The molecule has 0 aliphatic carbocycles. The third kappa shape index (κ3) is 4.19. The molecule has 0 radical (unpaired) electrons. The summed E-state index contributed by atoms with van der Waals surface area (Å²) in [5.41, 5.74) is 0.182. The summed E-state index contributed by atoms with van der Waals surface area (Å²) < 4.78 is 0. The molecule has 1 fully saturated rings. The summed E-state index contributed by atoms with van der Waals surface area (Å²) in [6, 6.07) is 0. The normalized spacial score (nSPS) is 23.6. The fourth-order valence-electron chi connectivity index (χ4n) is 2.43. The van der Waals surface area contributed by atoms with Crippen LogP contribution < -0.4 is 10.6 Å². The Hall–Kier alpha value is -0.770. The molecule has 0 aromatic carbocycles. The molecule has 1 aliphatic rings. The Balaban J connectivity index is 2.49. The van der Waals surface area contributed by atoms with E-state index in [0.717, 1.165) is 18.4 Å². The predicted molar refractivity (Wildman–Crippen MR) is 74.5 cm³/mol. The highest BCUT2D eigenvalue weighted by molar-refractivity contribution is 5.79. The molecule has 4 heteroatoms. The van der Waals surface area contributed by atoms with Crippen LogP contribution in [0.2, 0.25) is 0 Å². The van der Waals surface area contributed by atoms with E-state index < -0.39 is 0 Å². The van der Waals surface area contributed by atoms with Crippen molar-refractivity contribution in [2.75, 3.05) is 33.7 Å². The summed E-state index contributed by atoms with van der Waals surface area (Å²) in [7, 11) is 3.69. The molecule has 0 saturated carbocycles. The van der Waals surface area contributed by atoms with Crippen LogP contribution in [0.1, 0.15) is 33.6 Å². The van der Waals surface area contributed by atoms with Gasteiger partial charge in [0.15, 0.2) is 5.96 Å². The lowest BCUT2D eigenvalue weighted by Crippen LogP contribution is -2.55. The molecular formula is C13H28N4. The lowest BCUT2D eigenvalue weighted by Gasteiger charge is -2.43. The van der Waals surface area contributed by atoms with Crippen LogP contribution in [-0.2, 0) is 0 Å². The minimum absolute atomic E-state index is 0.182. The largest absolute Gasteiger partial charge is 0.359 e. The summed E-state index contributed by atoms with van der Waals surface area (Å²) in [6.07, 6.45) is 2.70. The monoisotopic (exact) mass is 240 g/mol. The van der Waals surface area contributed by atoms with Gasteiger partial charge in [0, 0.05) is 32.7 Å². The van der Waals surface area contributed by atoms with E-state index in [9.17, 15) is 0 Å². The summed E-state index contributed by atoms with van der Waals surface area (Å²) >= 11 is 0. The first kappa shape index (κ1) is 14.3. The molecule has 4 nitrogen and oxygen atoms in total. The summed E-state index contributed by atoms with van der Waals surface area (Å²) in [5, 5.41) is 6.43. The van der Waals surface area contributed by atoms with Crippen molar-refractivity contribution in [3.8, 4) is 0 Å². The maximum absolute atomic E-state index is 4.15. The van der Waals surface area contributed by atoms with Crippen molar-refractivity contribution in [2.45, 2.75) is 39.2 Å². The van der Waals surface area contributed by atoms with Crippen molar-refractivity contribution < 1.29 is 0 Å². The van der Waals surface area contributed by atoms with Gasteiger partial charge in [-0.1, -0.05) is 6.92 Å². The zero-order valence-corrected chi connectivity index (χ0v) is 12.0. The number of hydrogen-bond donors (Lipinski definition) is 2. The van der Waals surface area contributed by atoms with Gasteiger partial charge < -0.3 is 10.6 Å². The third-order valence-corrected chi connectivity index (χ3v) is 3.66. The standard InChI is InChI=1S/C13H28N4/c1-11-7-6-8-17(9-11)13(2,3)10-16-12(14-4)15-5/h11H,6-10H2,1-5H3,(H2,14,15,16). The number of piperidine rings is 1. The molecule has 1 saturated heterocycles. The van der Waals surface area contributed by atoms with Crippen molar-refractivity contribution in [1.82, 2.24) is 15.5 Å². The Labute approximate surface area is 106 Å². The highest BCUT2D eigenvalue weighted by atomic mass is 15.2. The third-order valence-electron chi connectivity index (χ3n) is 3.66. The molecule has 1 atom stereocenters. The highest BCUT2D eigenvalue weighted by Crippen LogP contribution is 2.23. The van der Waals surface area contributed by atoms with Gasteiger partial charge in [0.25, 0.3) is 0 Å². The van der Waals surface area contributed by atoms with Crippen LogP contribution in [0.5, 0.6) is 0 Å². The van der Waals surface area contributed by atoms with Crippen molar-refractivity contribution in [2.24, 2.45) is 10.9 Å². The first-order valence-corrected chi connectivity index (χ1v) is 6.63. The molecule has 1 unspecified atom stereocenters. The predicted octanol–water partition coefficient (Wildman–Crippen LogP) is 1.29. The van der Waals surface area contributed by atoms with E-state index in [0.29, 0.717) is 0 Å². The average molecular weight is 240 g/mol. The van der Waals surface area contributed by atoms with Gasteiger partial charge in [0.2, 0.25) is 0 Å². The average Bonchev–Trinajstić information content (AvgIpc) is 2.30. The number of nitrogens with zero attached hydrogens (tertiary/aromatic N) is 2. The van der Waals surface area contributed by atoms with E-state index >= 15 is 0 Å². The quantitative estimate of drug-likeness (QED) is 0.577. The van der Waals surface area contributed by atoms with Crippen LogP contribution in [-0.4, -0.2) is 50.1 Å². The molecule has 0 spiro atoms. The van der Waals surface area contributed by atoms with Crippen molar-refractivity contribution >= 4 is 5.96 Å². The number of guanidine groups is 1. The van der Waals surface area contributed by atoms with Crippen LogP contribution in [0, 0.1) is 5.92 Å². The second-order valence-electron chi connectivity index (χ2n) is 5.68. The number of aliphatic imine (C=N–C) groups is 1. The van der Waals surface area contributed by atoms with Crippen molar-refractivity contribution in [3.05, 3.63) is 0 Å².